The minimum absolute atomic E-state index is 0.278. The van der Waals surface area contributed by atoms with Crippen LogP contribution in [-0.4, -0.2) is 19.9 Å². The van der Waals surface area contributed by atoms with Crippen molar-refractivity contribution in [2.24, 2.45) is 0 Å². The highest BCUT2D eigenvalue weighted by atomic mass is 16.7. The van der Waals surface area contributed by atoms with Crippen LogP contribution < -0.4 is 14.8 Å². The molecule has 4 heteroatoms. The molecule has 0 atom stereocenters. The van der Waals surface area contributed by atoms with E-state index in [0.717, 1.165) is 43.0 Å². The Morgan fingerprint density at radius 2 is 1.94 bits per heavy atom. The van der Waals surface area contributed by atoms with Crippen molar-refractivity contribution in [1.82, 2.24) is 5.32 Å². The zero-order valence-electron chi connectivity index (χ0n) is 9.53. The third kappa shape index (κ3) is 1.63. The second kappa shape index (κ2) is 3.94. The van der Waals surface area contributed by atoms with Crippen LogP contribution in [0.1, 0.15) is 18.4 Å². The molecule has 4 nitrogen and oxygen atoms in total. The number of benzene rings is 1. The van der Waals surface area contributed by atoms with Crippen LogP contribution in [-0.2, 0) is 5.41 Å². The second-order valence-electron chi connectivity index (χ2n) is 4.51. The third-order valence-corrected chi connectivity index (χ3v) is 3.60. The van der Waals surface area contributed by atoms with Gasteiger partial charge < -0.3 is 14.8 Å². The summed E-state index contributed by atoms with van der Waals surface area (Å²) < 4.78 is 10.7. The van der Waals surface area contributed by atoms with Gasteiger partial charge in [0.05, 0.1) is 11.5 Å². The number of piperidine rings is 1. The molecule has 0 saturated carbocycles. The zero-order chi connectivity index (χ0) is 11.7. The predicted octanol–water partition coefficient (Wildman–Crippen LogP) is 1.56. The first-order valence-electron chi connectivity index (χ1n) is 5.86. The lowest BCUT2D eigenvalue weighted by molar-refractivity contribution is 0.174. The van der Waals surface area contributed by atoms with Gasteiger partial charge in [0.1, 0.15) is 0 Å². The molecule has 1 fully saturated rings. The van der Waals surface area contributed by atoms with Crippen LogP contribution in [0.5, 0.6) is 11.5 Å². The van der Waals surface area contributed by atoms with Crippen LogP contribution in [0.2, 0.25) is 0 Å². The highest BCUT2D eigenvalue weighted by molar-refractivity contribution is 5.48. The quantitative estimate of drug-likeness (QED) is 0.795. The molecule has 1 N–H and O–H groups in total. The van der Waals surface area contributed by atoms with E-state index in [1.54, 1.807) is 0 Å². The van der Waals surface area contributed by atoms with E-state index in [-0.39, 0.29) is 12.2 Å². The van der Waals surface area contributed by atoms with Gasteiger partial charge in [-0.1, -0.05) is 6.07 Å². The number of rotatable bonds is 1. The normalized spacial score (nSPS) is 20.9. The fourth-order valence-electron chi connectivity index (χ4n) is 2.51. The molecule has 0 spiro atoms. The van der Waals surface area contributed by atoms with E-state index in [4.69, 9.17) is 9.47 Å². The first kappa shape index (κ1) is 10.4. The topological polar surface area (TPSA) is 54.3 Å². The fourth-order valence-corrected chi connectivity index (χ4v) is 2.51. The molecule has 0 amide bonds. The molecule has 2 heterocycles. The van der Waals surface area contributed by atoms with Gasteiger partial charge in [-0.25, -0.2) is 0 Å². The van der Waals surface area contributed by atoms with Gasteiger partial charge in [-0.3, -0.25) is 0 Å². The molecule has 0 aliphatic carbocycles. The van der Waals surface area contributed by atoms with Gasteiger partial charge in [-0.15, -0.1) is 0 Å². The summed E-state index contributed by atoms with van der Waals surface area (Å²) in [6.07, 6.45) is 1.70. The molecule has 3 rings (SSSR count). The van der Waals surface area contributed by atoms with Crippen LogP contribution in [0.15, 0.2) is 18.2 Å². The summed E-state index contributed by atoms with van der Waals surface area (Å²) in [6.45, 7) is 2.06. The smallest absolute Gasteiger partial charge is 0.231 e. The number of fused-ring (bicyclic) bond motifs is 1. The Morgan fingerprint density at radius 3 is 2.71 bits per heavy atom. The molecule has 1 saturated heterocycles. The summed E-state index contributed by atoms with van der Waals surface area (Å²) in [4.78, 5) is 0. The van der Waals surface area contributed by atoms with Crippen molar-refractivity contribution in [2.75, 3.05) is 19.9 Å². The van der Waals surface area contributed by atoms with E-state index in [9.17, 15) is 5.26 Å². The lowest BCUT2D eigenvalue weighted by Gasteiger charge is -2.31. The van der Waals surface area contributed by atoms with E-state index in [0.29, 0.717) is 0 Å². The first-order valence-corrected chi connectivity index (χ1v) is 5.86. The molecule has 0 unspecified atom stereocenters. The highest BCUT2D eigenvalue weighted by Gasteiger charge is 2.35. The lowest BCUT2D eigenvalue weighted by atomic mass is 9.74. The SMILES string of the molecule is N#CC1(c2ccc3c(c2)OCO3)CCNCC1. The molecule has 0 radical (unpaired) electrons. The second-order valence-corrected chi connectivity index (χ2v) is 4.51. The Balaban J connectivity index is 1.99. The summed E-state index contributed by atoms with van der Waals surface area (Å²) in [7, 11) is 0. The highest BCUT2D eigenvalue weighted by Crippen LogP contribution is 2.39. The van der Waals surface area contributed by atoms with Gasteiger partial charge in [-0.2, -0.15) is 5.26 Å². The summed E-state index contributed by atoms with van der Waals surface area (Å²) in [5, 5.41) is 12.8. The molecular weight excluding hydrogens is 216 g/mol. The Kier molecular flexibility index (Phi) is 2.41. The third-order valence-electron chi connectivity index (χ3n) is 3.60. The maximum absolute atomic E-state index is 9.49. The number of nitrogens with one attached hydrogen (secondary N) is 1. The molecule has 2 aliphatic heterocycles. The average molecular weight is 230 g/mol. The standard InChI is InChI=1S/C13H14N2O2/c14-8-13(3-5-15-6-4-13)10-1-2-11-12(7-10)17-9-16-11/h1-2,7,15H,3-6,9H2. The van der Waals surface area contributed by atoms with Gasteiger partial charge in [0.2, 0.25) is 6.79 Å². The molecule has 0 aromatic heterocycles. The van der Waals surface area contributed by atoms with Crippen molar-refractivity contribution < 1.29 is 9.47 Å². The molecule has 0 bridgehead atoms. The maximum atomic E-state index is 9.49. The van der Waals surface area contributed by atoms with Crippen LogP contribution in [0.3, 0.4) is 0 Å². The molecular formula is C13H14N2O2. The fraction of sp³-hybridized carbons (Fsp3) is 0.462. The Bertz CT molecular complexity index is 473. The molecule has 1 aromatic carbocycles. The maximum Gasteiger partial charge on any atom is 0.231 e. The van der Waals surface area contributed by atoms with Crippen molar-refractivity contribution in [1.29, 1.82) is 5.26 Å². The van der Waals surface area contributed by atoms with E-state index in [2.05, 4.69) is 11.4 Å². The number of hydrogen-bond acceptors (Lipinski definition) is 4. The van der Waals surface area contributed by atoms with Crippen molar-refractivity contribution in [3.8, 4) is 17.6 Å². The summed E-state index contributed by atoms with van der Waals surface area (Å²) in [5.41, 5.74) is 0.678. The number of ether oxygens (including phenoxy) is 2. The molecule has 1 aromatic rings. The van der Waals surface area contributed by atoms with Gasteiger partial charge in [0.15, 0.2) is 11.5 Å². The van der Waals surface area contributed by atoms with Gasteiger partial charge >= 0.3 is 0 Å². The summed E-state index contributed by atoms with van der Waals surface area (Å²) in [6, 6.07) is 8.33. The van der Waals surface area contributed by atoms with Crippen molar-refractivity contribution in [3.63, 3.8) is 0 Å². The molecule has 88 valence electrons. The zero-order valence-corrected chi connectivity index (χ0v) is 9.53. The van der Waals surface area contributed by atoms with E-state index in [1.165, 1.54) is 0 Å². The van der Waals surface area contributed by atoms with Gasteiger partial charge in [0.25, 0.3) is 0 Å². The van der Waals surface area contributed by atoms with Crippen LogP contribution >= 0.6 is 0 Å². The number of nitrogens with zero attached hydrogens (tertiary/aromatic N) is 1. The summed E-state index contributed by atoms with van der Waals surface area (Å²) in [5.74, 6) is 1.53. The first-order chi connectivity index (χ1) is 8.34. The Labute approximate surface area is 100 Å². The predicted molar refractivity (Wildman–Crippen MR) is 62.0 cm³/mol. The van der Waals surface area contributed by atoms with E-state index < -0.39 is 0 Å². The van der Waals surface area contributed by atoms with E-state index >= 15 is 0 Å². The van der Waals surface area contributed by atoms with Crippen LogP contribution in [0.25, 0.3) is 0 Å². The molecule has 2 aliphatic rings. The number of nitriles is 1. The Hall–Kier alpha value is -1.73. The van der Waals surface area contributed by atoms with Gasteiger partial charge in [0, 0.05) is 0 Å². The minimum Gasteiger partial charge on any atom is -0.454 e. The monoisotopic (exact) mass is 230 g/mol. The van der Waals surface area contributed by atoms with Crippen molar-refractivity contribution in [2.45, 2.75) is 18.3 Å². The Morgan fingerprint density at radius 1 is 1.18 bits per heavy atom. The van der Waals surface area contributed by atoms with Crippen molar-refractivity contribution in [3.05, 3.63) is 23.8 Å². The lowest BCUT2D eigenvalue weighted by Crippen LogP contribution is -2.38. The minimum atomic E-state index is -0.369. The average Bonchev–Trinajstić information content (AvgIpc) is 2.86. The van der Waals surface area contributed by atoms with Gasteiger partial charge in [-0.05, 0) is 43.6 Å². The van der Waals surface area contributed by atoms with Crippen LogP contribution in [0, 0.1) is 11.3 Å². The largest absolute Gasteiger partial charge is 0.454 e. The van der Waals surface area contributed by atoms with E-state index in [1.807, 2.05) is 18.2 Å². The summed E-state index contributed by atoms with van der Waals surface area (Å²) >= 11 is 0. The van der Waals surface area contributed by atoms with Crippen molar-refractivity contribution >= 4 is 0 Å². The number of hydrogen-bond donors (Lipinski definition) is 1. The molecule has 17 heavy (non-hydrogen) atoms. The van der Waals surface area contributed by atoms with Crippen LogP contribution in [0.4, 0.5) is 0 Å².